The molecule has 1 aliphatic carbocycles. The smallest absolute Gasteiger partial charge is 0.255 e. The Morgan fingerprint density at radius 1 is 1.42 bits per heavy atom. The van der Waals surface area contributed by atoms with E-state index in [1.165, 1.54) is 5.56 Å². The lowest BCUT2D eigenvalue weighted by Crippen LogP contribution is -2.32. The molecule has 0 aromatic carbocycles. The number of rotatable bonds is 4. The number of nitrogens with zero attached hydrogens (tertiary/aromatic N) is 2. The van der Waals surface area contributed by atoms with Crippen molar-refractivity contribution in [1.82, 2.24) is 9.88 Å². The molecule has 2 aromatic rings. The van der Waals surface area contributed by atoms with Crippen molar-refractivity contribution < 1.29 is 4.79 Å². The Labute approximate surface area is 120 Å². The van der Waals surface area contributed by atoms with E-state index in [0.29, 0.717) is 23.3 Å². The lowest BCUT2D eigenvalue weighted by Gasteiger charge is -2.22. The van der Waals surface area contributed by atoms with Gasteiger partial charge in [0.2, 0.25) is 0 Å². The summed E-state index contributed by atoms with van der Waals surface area (Å²) >= 11 is 7.41. The minimum absolute atomic E-state index is 0.0397. The van der Waals surface area contributed by atoms with E-state index in [1.54, 1.807) is 29.7 Å². The molecule has 0 saturated heterocycles. The lowest BCUT2D eigenvalue weighted by molar-refractivity contribution is 0.0729. The summed E-state index contributed by atoms with van der Waals surface area (Å²) in [7, 11) is 0. The summed E-state index contributed by atoms with van der Waals surface area (Å²) in [6.45, 7) is 0.676. The van der Waals surface area contributed by atoms with Crippen molar-refractivity contribution in [2.45, 2.75) is 25.4 Å². The number of hydrogen-bond acceptors (Lipinski definition) is 3. The Morgan fingerprint density at radius 2 is 2.26 bits per heavy atom. The molecule has 5 heteroatoms. The molecule has 2 aromatic heterocycles. The van der Waals surface area contributed by atoms with Crippen LogP contribution in [0.5, 0.6) is 0 Å². The van der Waals surface area contributed by atoms with E-state index in [0.717, 1.165) is 12.8 Å². The standard InChI is InChI=1S/C14H13ClN2OS/c15-13-4-1-11(7-16-13)14(18)17(12-2-3-12)8-10-5-6-19-9-10/h1,4-7,9,12H,2-3,8H2. The Hall–Kier alpha value is -1.39. The molecule has 19 heavy (non-hydrogen) atoms. The first-order valence-corrected chi connectivity index (χ1v) is 7.50. The minimum Gasteiger partial charge on any atom is -0.331 e. The molecule has 0 spiro atoms. The molecule has 0 N–H and O–H groups in total. The van der Waals surface area contributed by atoms with Crippen LogP contribution in [0.1, 0.15) is 28.8 Å². The zero-order valence-electron chi connectivity index (χ0n) is 10.3. The van der Waals surface area contributed by atoms with E-state index in [1.807, 2.05) is 10.3 Å². The molecular weight excluding hydrogens is 280 g/mol. The van der Waals surface area contributed by atoms with Crippen LogP contribution in [0.4, 0.5) is 0 Å². The summed E-state index contributed by atoms with van der Waals surface area (Å²) in [5.41, 5.74) is 1.79. The zero-order chi connectivity index (χ0) is 13.2. The summed E-state index contributed by atoms with van der Waals surface area (Å²) in [6.07, 6.45) is 3.74. The summed E-state index contributed by atoms with van der Waals surface area (Å²) in [4.78, 5) is 18.4. The van der Waals surface area contributed by atoms with E-state index in [-0.39, 0.29) is 5.91 Å². The van der Waals surface area contributed by atoms with E-state index in [2.05, 4.69) is 16.4 Å². The van der Waals surface area contributed by atoms with Crippen LogP contribution in [0.2, 0.25) is 5.15 Å². The van der Waals surface area contributed by atoms with Gasteiger partial charge in [-0.3, -0.25) is 4.79 Å². The topological polar surface area (TPSA) is 33.2 Å². The van der Waals surface area contributed by atoms with E-state index < -0.39 is 0 Å². The lowest BCUT2D eigenvalue weighted by atomic mass is 10.2. The molecule has 3 nitrogen and oxygen atoms in total. The zero-order valence-corrected chi connectivity index (χ0v) is 11.8. The van der Waals surface area contributed by atoms with Gasteiger partial charge in [0.1, 0.15) is 5.15 Å². The van der Waals surface area contributed by atoms with Crippen molar-refractivity contribution in [2.24, 2.45) is 0 Å². The Bertz CT molecular complexity index is 564. The van der Waals surface area contributed by atoms with Gasteiger partial charge in [-0.2, -0.15) is 11.3 Å². The summed E-state index contributed by atoms with van der Waals surface area (Å²) in [5, 5.41) is 4.53. The van der Waals surface area contributed by atoms with Crippen molar-refractivity contribution in [3.05, 3.63) is 51.4 Å². The maximum absolute atomic E-state index is 12.5. The number of aromatic nitrogens is 1. The second kappa shape index (κ2) is 5.31. The molecule has 0 bridgehead atoms. The minimum atomic E-state index is 0.0397. The highest BCUT2D eigenvalue weighted by Gasteiger charge is 2.33. The van der Waals surface area contributed by atoms with Gasteiger partial charge in [-0.1, -0.05) is 11.6 Å². The Balaban J connectivity index is 1.79. The highest BCUT2D eigenvalue weighted by atomic mass is 35.5. The first-order valence-electron chi connectivity index (χ1n) is 6.17. The molecule has 98 valence electrons. The molecular formula is C14H13ClN2OS. The summed E-state index contributed by atoms with van der Waals surface area (Å²) in [5.74, 6) is 0.0397. The predicted octanol–water partition coefficient (Wildman–Crippen LogP) is 3.60. The van der Waals surface area contributed by atoms with Crippen LogP contribution in [-0.4, -0.2) is 21.8 Å². The highest BCUT2D eigenvalue weighted by Crippen LogP contribution is 2.30. The number of halogens is 1. The average Bonchev–Trinajstić information content (AvgIpc) is 3.13. The third-order valence-corrected chi connectivity index (χ3v) is 4.11. The summed E-state index contributed by atoms with van der Waals surface area (Å²) < 4.78 is 0. The molecule has 0 unspecified atom stereocenters. The van der Waals surface area contributed by atoms with Gasteiger partial charge < -0.3 is 4.90 Å². The summed E-state index contributed by atoms with van der Waals surface area (Å²) in [6, 6.07) is 5.83. The number of carbonyl (C=O) groups excluding carboxylic acids is 1. The first kappa shape index (κ1) is 12.6. The molecule has 0 atom stereocenters. The quantitative estimate of drug-likeness (QED) is 0.807. The molecule has 0 radical (unpaired) electrons. The van der Waals surface area contributed by atoms with Gasteiger partial charge in [0, 0.05) is 18.8 Å². The molecule has 2 heterocycles. The van der Waals surface area contributed by atoms with Gasteiger partial charge in [-0.15, -0.1) is 0 Å². The number of carbonyl (C=O) groups is 1. The van der Waals surface area contributed by atoms with Gasteiger partial charge in [-0.05, 0) is 47.4 Å². The number of hydrogen-bond donors (Lipinski definition) is 0. The third kappa shape index (κ3) is 2.96. The van der Waals surface area contributed by atoms with Crippen molar-refractivity contribution in [3.63, 3.8) is 0 Å². The third-order valence-electron chi connectivity index (χ3n) is 3.16. The molecule has 1 saturated carbocycles. The molecule has 1 aliphatic rings. The normalized spacial score (nSPS) is 14.4. The Morgan fingerprint density at radius 3 is 2.84 bits per heavy atom. The van der Waals surface area contributed by atoms with Crippen LogP contribution in [-0.2, 0) is 6.54 Å². The Kier molecular flexibility index (Phi) is 3.53. The van der Waals surface area contributed by atoms with Gasteiger partial charge in [-0.25, -0.2) is 4.98 Å². The fourth-order valence-electron chi connectivity index (χ4n) is 2.00. The maximum Gasteiger partial charge on any atom is 0.255 e. The van der Waals surface area contributed by atoms with Gasteiger partial charge in [0.05, 0.1) is 5.56 Å². The number of pyridine rings is 1. The van der Waals surface area contributed by atoms with Gasteiger partial charge >= 0.3 is 0 Å². The number of thiophene rings is 1. The van der Waals surface area contributed by atoms with Crippen LogP contribution in [0.3, 0.4) is 0 Å². The first-order chi connectivity index (χ1) is 9.24. The van der Waals surface area contributed by atoms with Crippen LogP contribution >= 0.6 is 22.9 Å². The molecule has 1 amide bonds. The van der Waals surface area contributed by atoms with Crippen LogP contribution in [0, 0.1) is 0 Å². The van der Waals surface area contributed by atoms with E-state index in [4.69, 9.17) is 11.6 Å². The average molecular weight is 293 g/mol. The highest BCUT2D eigenvalue weighted by molar-refractivity contribution is 7.07. The number of amides is 1. The van der Waals surface area contributed by atoms with Gasteiger partial charge in [0.25, 0.3) is 5.91 Å². The van der Waals surface area contributed by atoms with E-state index >= 15 is 0 Å². The largest absolute Gasteiger partial charge is 0.331 e. The van der Waals surface area contributed by atoms with Gasteiger partial charge in [0.15, 0.2) is 0 Å². The molecule has 1 fully saturated rings. The van der Waals surface area contributed by atoms with Crippen molar-refractivity contribution in [2.75, 3.05) is 0 Å². The predicted molar refractivity (Wildman–Crippen MR) is 76.5 cm³/mol. The van der Waals surface area contributed by atoms with E-state index in [9.17, 15) is 4.79 Å². The van der Waals surface area contributed by atoms with Crippen LogP contribution in [0.25, 0.3) is 0 Å². The van der Waals surface area contributed by atoms with Crippen molar-refractivity contribution in [3.8, 4) is 0 Å². The molecule has 3 rings (SSSR count). The van der Waals surface area contributed by atoms with Crippen LogP contribution < -0.4 is 0 Å². The maximum atomic E-state index is 12.5. The van der Waals surface area contributed by atoms with Crippen molar-refractivity contribution in [1.29, 1.82) is 0 Å². The SMILES string of the molecule is O=C(c1ccc(Cl)nc1)N(Cc1ccsc1)C1CC1. The van der Waals surface area contributed by atoms with Crippen molar-refractivity contribution >= 4 is 28.8 Å². The second-order valence-corrected chi connectivity index (χ2v) is 5.83. The monoisotopic (exact) mass is 292 g/mol. The van der Waals surface area contributed by atoms with Crippen LogP contribution in [0.15, 0.2) is 35.2 Å². The fraction of sp³-hybridized carbons (Fsp3) is 0.286. The molecule has 0 aliphatic heterocycles. The second-order valence-electron chi connectivity index (χ2n) is 4.67. The fourth-order valence-corrected chi connectivity index (χ4v) is 2.77.